The molecule has 0 saturated carbocycles. The highest BCUT2D eigenvalue weighted by Crippen LogP contribution is 2.16. The maximum absolute atomic E-state index is 13.0. The first-order valence-electron chi connectivity index (χ1n) is 8.84. The van der Waals surface area contributed by atoms with Gasteiger partial charge in [0.2, 0.25) is 0 Å². The molecule has 0 aliphatic carbocycles. The van der Waals surface area contributed by atoms with E-state index >= 15 is 0 Å². The Hall–Kier alpha value is -1.82. The Balaban J connectivity index is 1.84. The van der Waals surface area contributed by atoms with Crippen molar-refractivity contribution in [3.05, 3.63) is 30.1 Å². The molecule has 0 spiro atoms. The van der Waals surface area contributed by atoms with E-state index in [1.165, 1.54) is 12.1 Å². The maximum atomic E-state index is 13.0. The van der Waals surface area contributed by atoms with E-state index < -0.39 is 0 Å². The number of nitrogens with zero attached hydrogens (tertiary/aromatic N) is 4. The summed E-state index contributed by atoms with van der Waals surface area (Å²) in [4.78, 5) is 11.3. The van der Waals surface area contributed by atoms with Crippen molar-refractivity contribution in [1.29, 1.82) is 0 Å². The molecule has 1 aliphatic rings. The zero-order chi connectivity index (χ0) is 17.5. The normalized spacial score (nSPS) is 17.5. The van der Waals surface area contributed by atoms with E-state index in [0.717, 1.165) is 51.5 Å². The SMILES string of the molecule is CCN(CC)C(C)CN=C(N)N1CCN(c2ccc(F)cc2)CC1. The van der Waals surface area contributed by atoms with Crippen LogP contribution in [0.1, 0.15) is 20.8 Å². The van der Waals surface area contributed by atoms with Gasteiger partial charge in [0, 0.05) is 37.9 Å². The number of piperazine rings is 1. The fourth-order valence-electron chi connectivity index (χ4n) is 3.13. The molecule has 1 heterocycles. The van der Waals surface area contributed by atoms with Crippen molar-refractivity contribution < 1.29 is 4.39 Å². The van der Waals surface area contributed by atoms with Gasteiger partial charge in [0.05, 0.1) is 6.54 Å². The van der Waals surface area contributed by atoms with Gasteiger partial charge in [0.25, 0.3) is 0 Å². The first-order chi connectivity index (χ1) is 11.5. The fraction of sp³-hybridized carbons (Fsp3) is 0.611. The molecule has 1 unspecified atom stereocenters. The molecule has 134 valence electrons. The predicted octanol–water partition coefficient (Wildman–Crippen LogP) is 1.99. The van der Waals surface area contributed by atoms with Gasteiger partial charge in [0.1, 0.15) is 5.82 Å². The van der Waals surface area contributed by atoms with Crippen molar-refractivity contribution >= 4 is 11.6 Å². The van der Waals surface area contributed by atoms with Crippen molar-refractivity contribution in [3.63, 3.8) is 0 Å². The largest absolute Gasteiger partial charge is 0.370 e. The van der Waals surface area contributed by atoms with Gasteiger partial charge >= 0.3 is 0 Å². The second-order valence-electron chi connectivity index (χ2n) is 6.22. The quantitative estimate of drug-likeness (QED) is 0.638. The molecule has 1 saturated heterocycles. The van der Waals surface area contributed by atoms with Crippen LogP contribution >= 0.6 is 0 Å². The molecule has 1 fully saturated rings. The lowest BCUT2D eigenvalue weighted by Gasteiger charge is -2.36. The Morgan fingerprint density at radius 3 is 2.29 bits per heavy atom. The highest BCUT2D eigenvalue weighted by molar-refractivity contribution is 5.78. The molecule has 2 N–H and O–H groups in total. The van der Waals surface area contributed by atoms with Crippen LogP contribution in [0.3, 0.4) is 0 Å². The van der Waals surface area contributed by atoms with Gasteiger partial charge in [0.15, 0.2) is 5.96 Å². The number of anilines is 1. The van der Waals surface area contributed by atoms with Gasteiger partial charge in [-0.05, 0) is 44.3 Å². The topological polar surface area (TPSA) is 48.1 Å². The van der Waals surface area contributed by atoms with E-state index in [-0.39, 0.29) is 5.82 Å². The third kappa shape index (κ3) is 4.84. The summed E-state index contributed by atoms with van der Waals surface area (Å²) in [5, 5.41) is 0. The molecule has 24 heavy (non-hydrogen) atoms. The average molecular weight is 335 g/mol. The molecular formula is C18H30FN5. The zero-order valence-electron chi connectivity index (χ0n) is 15.1. The summed E-state index contributed by atoms with van der Waals surface area (Å²) in [6.07, 6.45) is 0. The zero-order valence-corrected chi connectivity index (χ0v) is 15.1. The Morgan fingerprint density at radius 2 is 1.75 bits per heavy atom. The van der Waals surface area contributed by atoms with Gasteiger partial charge in [-0.25, -0.2) is 4.39 Å². The molecule has 1 aliphatic heterocycles. The van der Waals surface area contributed by atoms with Gasteiger partial charge in [-0.1, -0.05) is 13.8 Å². The first kappa shape index (κ1) is 18.5. The molecule has 6 heteroatoms. The molecule has 0 radical (unpaired) electrons. The lowest BCUT2D eigenvalue weighted by Crippen LogP contribution is -2.51. The van der Waals surface area contributed by atoms with Crippen LogP contribution in [-0.2, 0) is 0 Å². The molecule has 1 aromatic carbocycles. The van der Waals surface area contributed by atoms with Crippen molar-refractivity contribution in [2.45, 2.75) is 26.8 Å². The molecule has 2 rings (SSSR count). The van der Waals surface area contributed by atoms with Crippen molar-refractivity contribution in [2.24, 2.45) is 10.7 Å². The van der Waals surface area contributed by atoms with Gasteiger partial charge < -0.3 is 15.5 Å². The Morgan fingerprint density at radius 1 is 1.17 bits per heavy atom. The van der Waals surface area contributed by atoms with Gasteiger partial charge in [-0.15, -0.1) is 0 Å². The van der Waals surface area contributed by atoms with Crippen molar-refractivity contribution in [3.8, 4) is 0 Å². The molecule has 0 aromatic heterocycles. The third-order valence-corrected chi connectivity index (χ3v) is 4.75. The van der Waals surface area contributed by atoms with Crippen LogP contribution in [0.5, 0.6) is 0 Å². The molecular weight excluding hydrogens is 305 g/mol. The first-order valence-corrected chi connectivity index (χ1v) is 8.84. The molecule has 5 nitrogen and oxygen atoms in total. The Kier molecular flexibility index (Phi) is 6.85. The molecule has 0 bridgehead atoms. The van der Waals surface area contributed by atoms with Crippen LogP contribution in [0.2, 0.25) is 0 Å². The van der Waals surface area contributed by atoms with E-state index in [4.69, 9.17) is 5.73 Å². The minimum atomic E-state index is -0.198. The second kappa shape index (κ2) is 8.87. The highest BCUT2D eigenvalue weighted by atomic mass is 19.1. The minimum absolute atomic E-state index is 0.198. The van der Waals surface area contributed by atoms with Crippen molar-refractivity contribution in [2.75, 3.05) is 50.7 Å². The van der Waals surface area contributed by atoms with E-state index in [1.807, 2.05) is 12.1 Å². The smallest absolute Gasteiger partial charge is 0.191 e. The van der Waals surface area contributed by atoms with E-state index in [0.29, 0.717) is 12.0 Å². The van der Waals surface area contributed by atoms with Crippen LogP contribution in [0.15, 0.2) is 29.3 Å². The summed E-state index contributed by atoms with van der Waals surface area (Å²) < 4.78 is 13.0. The Labute approximate surface area is 144 Å². The second-order valence-corrected chi connectivity index (χ2v) is 6.22. The number of hydrogen-bond donors (Lipinski definition) is 1. The van der Waals surface area contributed by atoms with Crippen LogP contribution in [0, 0.1) is 5.82 Å². The van der Waals surface area contributed by atoms with Crippen LogP contribution < -0.4 is 10.6 Å². The number of aliphatic imine (C=N–C) groups is 1. The van der Waals surface area contributed by atoms with Gasteiger partial charge in [-0.2, -0.15) is 0 Å². The number of hydrogen-bond acceptors (Lipinski definition) is 3. The lowest BCUT2D eigenvalue weighted by molar-refractivity contribution is 0.236. The molecule has 0 amide bonds. The van der Waals surface area contributed by atoms with E-state index in [9.17, 15) is 4.39 Å². The van der Waals surface area contributed by atoms with Crippen LogP contribution in [0.25, 0.3) is 0 Å². The average Bonchev–Trinajstić information content (AvgIpc) is 2.61. The number of nitrogens with two attached hydrogens (primary N) is 1. The number of rotatable bonds is 6. The highest BCUT2D eigenvalue weighted by Gasteiger charge is 2.19. The number of guanidine groups is 1. The number of benzene rings is 1. The fourth-order valence-corrected chi connectivity index (χ4v) is 3.13. The lowest BCUT2D eigenvalue weighted by atomic mass is 10.2. The summed E-state index contributed by atoms with van der Waals surface area (Å²) in [5.41, 5.74) is 7.23. The Bertz CT molecular complexity index is 519. The van der Waals surface area contributed by atoms with E-state index in [2.05, 4.69) is 40.5 Å². The summed E-state index contributed by atoms with van der Waals surface area (Å²) in [6.45, 7) is 12.7. The van der Waals surface area contributed by atoms with Crippen LogP contribution in [0.4, 0.5) is 10.1 Å². The monoisotopic (exact) mass is 335 g/mol. The van der Waals surface area contributed by atoms with Crippen LogP contribution in [-0.4, -0.2) is 67.6 Å². The minimum Gasteiger partial charge on any atom is -0.370 e. The summed E-state index contributed by atoms with van der Waals surface area (Å²) in [5.74, 6) is 0.434. The standard InChI is InChI=1S/C18H30FN5/c1-4-22(5-2)15(3)14-21-18(20)24-12-10-23(11-13-24)17-8-6-16(19)7-9-17/h6-9,15H,4-5,10-14H2,1-3H3,(H2,20,21). The van der Waals surface area contributed by atoms with Crippen molar-refractivity contribution in [1.82, 2.24) is 9.80 Å². The van der Waals surface area contributed by atoms with E-state index in [1.54, 1.807) is 0 Å². The maximum Gasteiger partial charge on any atom is 0.191 e. The molecule has 1 aromatic rings. The summed E-state index contributed by atoms with van der Waals surface area (Å²) >= 11 is 0. The van der Waals surface area contributed by atoms with Gasteiger partial charge in [-0.3, -0.25) is 9.89 Å². The summed E-state index contributed by atoms with van der Waals surface area (Å²) in [6, 6.07) is 7.07. The predicted molar refractivity (Wildman–Crippen MR) is 99.1 cm³/mol. The number of halogens is 1. The summed E-state index contributed by atoms with van der Waals surface area (Å²) in [7, 11) is 0. The number of likely N-dealkylation sites (N-methyl/N-ethyl adjacent to an activating group) is 1. The molecule has 1 atom stereocenters. The third-order valence-electron chi connectivity index (χ3n) is 4.75.